The Balaban J connectivity index is 1.66. The molecule has 0 amide bonds. The van der Waals surface area contributed by atoms with Crippen LogP contribution in [0.1, 0.15) is 5.56 Å². The maximum atomic E-state index is 5.93. The molecule has 3 nitrogen and oxygen atoms in total. The van der Waals surface area contributed by atoms with Gasteiger partial charge in [-0.1, -0.05) is 35.9 Å². The van der Waals surface area contributed by atoms with E-state index in [9.17, 15) is 0 Å². The molecule has 4 aromatic rings. The van der Waals surface area contributed by atoms with Crippen LogP contribution in [0.15, 0.2) is 79.1 Å². The Morgan fingerprint density at radius 3 is 2.57 bits per heavy atom. The fourth-order valence-corrected chi connectivity index (χ4v) is 2.54. The van der Waals surface area contributed by atoms with Crippen LogP contribution in [0.3, 0.4) is 0 Å². The van der Waals surface area contributed by atoms with Crippen LogP contribution in [-0.4, -0.2) is 9.38 Å². The van der Waals surface area contributed by atoms with Crippen LogP contribution in [0, 0.1) is 6.92 Å². The summed E-state index contributed by atoms with van der Waals surface area (Å²) in [5.41, 5.74) is 4.13. The lowest BCUT2D eigenvalue weighted by molar-refractivity contribution is 0.483. The molecule has 0 aliphatic carbocycles. The van der Waals surface area contributed by atoms with E-state index in [2.05, 4.69) is 11.9 Å². The SMILES string of the molecule is Cc1ccc(Oc2cccc(-c3cn4ccccc4n3)c2)cc1. The fraction of sp³-hybridized carbons (Fsp3) is 0.0500. The summed E-state index contributed by atoms with van der Waals surface area (Å²) >= 11 is 0. The molecule has 0 fully saturated rings. The van der Waals surface area contributed by atoms with Crippen molar-refractivity contribution in [2.75, 3.05) is 0 Å². The van der Waals surface area contributed by atoms with E-state index in [-0.39, 0.29) is 0 Å². The highest BCUT2D eigenvalue weighted by molar-refractivity contribution is 5.64. The van der Waals surface area contributed by atoms with Crippen molar-refractivity contribution < 1.29 is 4.74 Å². The molecule has 3 heteroatoms. The molecule has 0 spiro atoms. The third-order valence-corrected chi connectivity index (χ3v) is 3.75. The predicted molar refractivity (Wildman–Crippen MR) is 91.9 cm³/mol. The van der Waals surface area contributed by atoms with Gasteiger partial charge >= 0.3 is 0 Å². The van der Waals surface area contributed by atoms with Gasteiger partial charge in [0.1, 0.15) is 17.1 Å². The van der Waals surface area contributed by atoms with Gasteiger partial charge in [-0.3, -0.25) is 0 Å². The molecule has 0 saturated carbocycles. The van der Waals surface area contributed by atoms with E-state index in [0.717, 1.165) is 28.4 Å². The summed E-state index contributed by atoms with van der Waals surface area (Å²) in [4.78, 5) is 4.65. The Hall–Kier alpha value is -3.07. The molecular weight excluding hydrogens is 284 g/mol. The van der Waals surface area contributed by atoms with Gasteiger partial charge in [0.2, 0.25) is 0 Å². The zero-order valence-electron chi connectivity index (χ0n) is 12.8. The molecule has 0 N–H and O–H groups in total. The Bertz CT molecular complexity index is 922. The number of aryl methyl sites for hydroxylation is 1. The Morgan fingerprint density at radius 1 is 0.870 bits per heavy atom. The molecule has 2 heterocycles. The van der Waals surface area contributed by atoms with Crippen molar-refractivity contribution >= 4 is 5.65 Å². The van der Waals surface area contributed by atoms with Crippen LogP contribution in [-0.2, 0) is 0 Å². The van der Waals surface area contributed by atoms with E-state index in [1.807, 2.05) is 83.5 Å². The topological polar surface area (TPSA) is 26.5 Å². The first kappa shape index (κ1) is 13.6. The Kier molecular flexibility index (Phi) is 3.31. The monoisotopic (exact) mass is 300 g/mol. The summed E-state index contributed by atoms with van der Waals surface area (Å²) in [5.74, 6) is 1.64. The average Bonchev–Trinajstić information content (AvgIpc) is 3.01. The summed E-state index contributed by atoms with van der Waals surface area (Å²) in [6.07, 6.45) is 4.03. The van der Waals surface area contributed by atoms with Crippen molar-refractivity contribution in [3.05, 3.63) is 84.7 Å². The molecular formula is C20H16N2O. The van der Waals surface area contributed by atoms with E-state index in [1.165, 1.54) is 5.56 Å². The van der Waals surface area contributed by atoms with Gasteiger partial charge in [0.05, 0.1) is 5.69 Å². The van der Waals surface area contributed by atoms with Crippen LogP contribution in [0.25, 0.3) is 16.9 Å². The third-order valence-electron chi connectivity index (χ3n) is 3.75. The fourth-order valence-electron chi connectivity index (χ4n) is 2.54. The van der Waals surface area contributed by atoms with Crippen molar-refractivity contribution in [1.82, 2.24) is 9.38 Å². The molecule has 0 aliphatic rings. The molecule has 23 heavy (non-hydrogen) atoms. The molecule has 0 saturated heterocycles. The lowest BCUT2D eigenvalue weighted by Crippen LogP contribution is -1.85. The standard InChI is InChI=1S/C20H16N2O/c1-15-8-10-17(11-9-15)23-18-6-4-5-16(13-18)19-14-22-12-3-2-7-20(22)21-19/h2-14H,1H3. The van der Waals surface area contributed by atoms with Crippen molar-refractivity contribution in [2.24, 2.45) is 0 Å². The maximum Gasteiger partial charge on any atom is 0.137 e. The van der Waals surface area contributed by atoms with Crippen molar-refractivity contribution in [2.45, 2.75) is 6.92 Å². The molecule has 112 valence electrons. The number of imidazole rings is 1. The molecule has 2 aromatic carbocycles. The highest BCUT2D eigenvalue weighted by atomic mass is 16.5. The summed E-state index contributed by atoms with van der Waals surface area (Å²) in [6, 6.07) is 22.0. The maximum absolute atomic E-state index is 5.93. The van der Waals surface area contributed by atoms with Gasteiger partial charge in [0, 0.05) is 18.0 Å². The molecule has 2 aromatic heterocycles. The number of benzene rings is 2. The molecule has 0 aliphatic heterocycles. The predicted octanol–water partition coefficient (Wildman–Crippen LogP) is 5.10. The molecule has 0 atom stereocenters. The number of hydrogen-bond donors (Lipinski definition) is 0. The second-order valence-electron chi connectivity index (χ2n) is 5.54. The van der Waals surface area contributed by atoms with Crippen LogP contribution in [0.5, 0.6) is 11.5 Å². The largest absolute Gasteiger partial charge is 0.457 e. The van der Waals surface area contributed by atoms with E-state index >= 15 is 0 Å². The summed E-state index contributed by atoms with van der Waals surface area (Å²) < 4.78 is 7.95. The number of nitrogens with zero attached hydrogens (tertiary/aromatic N) is 2. The second kappa shape index (κ2) is 5.61. The van der Waals surface area contributed by atoms with Gasteiger partial charge < -0.3 is 9.14 Å². The Labute approximate surface area is 134 Å². The smallest absolute Gasteiger partial charge is 0.137 e. The number of rotatable bonds is 3. The minimum atomic E-state index is 0.809. The van der Waals surface area contributed by atoms with E-state index in [1.54, 1.807) is 0 Å². The van der Waals surface area contributed by atoms with Gasteiger partial charge in [-0.15, -0.1) is 0 Å². The lowest BCUT2D eigenvalue weighted by atomic mass is 10.1. The van der Waals surface area contributed by atoms with Gasteiger partial charge in [-0.05, 0) is 43.3 Å². The average molecular weight is 300 g/mol. The highest BCUT2D eigenvalue weighted by Crippen LogP contribution is 2.27. The minimum Gasteiger partial charge on any atom is -0.457 e. The molecule has 4 rings (SSSR count). The van der Waals surface area contributed by atoms with E-state index in [4.69, 9.17) is 4.74 Å². The van der Waals surface area contributed by atoms with Gasteiger partial charge in [0.15, 0.2) is 0 Å². The van der Waals surface area contributed by atoms with Crippen LogP contribution in [0.4, 0.5) is 0 Å². The normalized spacial score (nSPS) is 10.8. The third kappa shape index (κ3) is 2.81. The summed E-state index contributed by atoms with van der Waals surface area (Å²) in [6.45, 7) is 2.06. The first-order valence-corrected chi connectivity index (χ1v) is 7.57. The first-order valence-electron chi connectivity index (χ1n) is 7.57. The minimum absolute atomic E-state index is 0.809. The van der Waals surface area contributed by atoms with Gasteiger partial charge in [-0.2, -0.15) is 0 Å². The number of fused-ring (bicyclic) bond motifs is 1. The number of aromatic nitrogens is 2. The van der Waals surface area contributed by atoms with Crippen LogP contribution >= 0.6 is 0 Å². The van der Waals surface area contributed by atoms with Crippen molar-refractivity contribution in [3.63, 3.8) is 0 Å². The number of hydrogen-bond acceptors (Lipinski definition) is 2. The molecule has 0 bridgehead atoms. The lowest BCUT2D eigenvalue weighted by Gasteiger charge is -2.07. The summed E-state index contributed by atoms with van der Waals surface area (Å²) in [5, 5.41) is 0. The van der Waals surface area contributed by atoms with Gasteiger partial charge in [0.25, 0.3) is 0 Å². The van der Waals surface area contributed by atoms with E-state index < -0.39 is 0 Å². The van der Waals surface area contributed by atoms with E-state index in [0.29, 0.717) is 0 Å². The zero-order chi connectivity index (χ0) is 15.6. The number of pyridine rings is 1. The van der Waals surface area contributed by atoms with Gasteiger partial charge in [-0.25, -0.2) is 4.98 Å². The van der Waals surface area contributed by atoms with Crippen molar-refractivity contribution in [1.29, 1.82) is 0 Å². The summed E-state index contributed by atoms with van der Waals surface area (Å²) in [7, 11) is 0. The van der Waals surface area contributed by atoms with Crippen molar-refractivity contribution in [3.8, 4) is 22.8 Å². The quantitative estimate of drug-likeness (QED) is 0.526. The highest BCUT2D eigenvalue weighted by Gasteiger charge is 2.06. The molecule has 0 unspecified atom stereocenters. The van der Waals surface area contributed by atoms with Crippen LogP contribution in [0.2, 0.25) is 0 Å². The number of ether oxygens (including phenoxy) is 1. The zero-order valence-corrected chi connectivity index (χ0v) is 12.8. The second-order valence-corrected chi connectivity index (χ2v) is 5.54. The van der Waals surface area contributed by atoms with Crippen LogP contribution < -0.4 is 4.74 Å². The Morgan fingerprint density at radius 2 is 1.74 bits per heavy atom. The first-order chi connectivity index (χ1) is 11.3. The molecule has 0 radical (unpaired) electrons.